The predicted octanol–water partition coefficient (Wildman–Crippen LogP) is 6.21. The van der Waals surface area contributed by atoms with Gasteiger partial charge >= 0.3 is 12.2 Å². The second-order valence-electron chi connectivity index (χ2n) is 16.4. The first-order chi connectivity index (χ1) is 27.9. The van der Waals surface area contributed by atoms with Crippen LogP contribution in [0.1, 0.15) is 93.8 Å². The highest BCUT2D eigenvalue weighted by Crippen LogP contribution is 2.48. The van der Waals surface area contributed by atoms with Crippen molar-refractivity contribution in [2.45, 2.75) is 97.0 Å². The number of rotatable bonds is 10. The minimum atomic E-state index is -0.698. The Hall–Kier alpha value is -5.86. The zero-order valence-electron chi connectivity index (χ0n) is 33.9. The molecule has 15 heteroatoms. The molecule has 1 aliphatic carbocycles. The number of aromatic nitrogens is 4. The smallest absolute Gasteiger partial charge is 0.407 e. The summed E-state index contributed by atoms with van der Waals surface area (Å²) in [7, 11) is 2.59. The van der Waals surface area contributed by atoms with Crippen LogP contribution in [0.25, 0.3) is 33.6 Å². The number of carbonyl (C=O) groups excluding carboxylic acids is 4. The average molecular weight is 793 g/mol. The van der Waals surface area contributed by atoms with Crippen LogP contribution >= 0.6 is 0 Å². The molecule has 2 aromatic carbocycles. The summed E-state index contributed by atoms with van der Waals surface area (Å²) in [4.78, 5) is 71.6. The van der Waals surface area contributed by atoms with Gasteiger partial charge in [-0.05, 0) is 96.9 Å². The van der Waals surface area contributed by atoms with Crippen LogP contribution in [0.4, 0.5) is 9.59 Å². The number of likely N-dealkylation sites (tertiary alicyclic amines) is 2. The van der Waals surface area contributed by atoms with Gasteiger partial charge in [0.15, 0.2) is 0 Å². The summed E-state index contributed by atoms with van der Waals surface area (Å²) in [5, 5.41) is 5.43. The summed E-state index contributed by atoms with van der Waals surface area (Å²) in [6.07, 6.45) is 7.37. The van der Waals surface area contributed by atoms with Crippen molar-refractivity contribution in [1.82, 2.24) is 40.4 Å². The van der Waals surface area contributed by atoms with E-state index in [1.807, 2.05) is 49.9 Å². The van der Waals surface area contributed by atoms with Gasteiger partial charge in [-0.3, -0.25) is 9.59 Å². The van der Waals surface area contributed by atoms with Crippen LogP contribution in [0.2, 0.25) is 0 Å². The number of hydrogen-bond donors (Lipinski definition) is 4. The van der Waals surface area contributed by atoms with Gasteiger partial charge in [0.05, 0.1) is 50.1 Å². The van der Waals surface area contributed by atoms with Gasteiger partial charge in [-0.15, -0.1) is 0 Å². The van der Waals surface area contributed by atoms with E-state index in [1.165, 1.54) is 30.9 Å². The van der Waals surface area contributed by atoms with Crippen molar-refractivity contribution in [3.8, 4) is 39.4 Å². The number of methoxy groups -OCH3 is 2. The second-order valence-corrected chi connectivity index (χ2v) is 16.4. The molecule has 0 bridgehead atoms. The topological polar surface area (TPSA) is 184 Å². The molecule has 15 nitrogen and oxygen atoms in total. The lowest BCUT2D eigenvalue weighted by Gasteiger charge is -2.30. The third kappa shape index (κ3) is 7.15. The lowest BCUT2D eigenvalue weighted by molar-refractivity contribution is -0.136. The van der Waals surface area contributed by atoms with E-state index in [2.05, 4.69) is 44.9 Å². The molecular weight excluding hydrogens is 741 g/mol. The minimum absolute atomic E-state index is 0.111. The molecule has 4 N–H and O–H groups in total. The lowest BCUT2D eigenvalue weighted by atomic mass is 9.79. The van der Waals surface area contributed by atoms with Crippen LogP contribution in [0, 0.1) is 11.8 Å². The number of alkyl carbamates (subject to hydrolysis) is 2. The molecule has 2 fully saturated rings. The van der Waals surface area contributed by atoms with E-state index in [0.717, 1.165) is 89.6 Å². The van der Waals surface area contributed by atoms with E-state index in [-0.39, 0.29) is 35.7 Å². The summed E-state index contributed by atoms with van der Waals surface area (Å²) in [5.74, 6) is 1.79. The maximum atomic E-state index is 13.7. The highest BCUT2D eigenvalue weighted by molar-refractivity contribution is 5.88. The van der Waals surface area contributed by atoms with E-state index < -0.39 is 24.3 Å². The fraction of sp³-hybridized carbons (Fsp3) is 0.488. The highest BCUT2D eigenvalue weighted by atomic mass is 16.5. The van der Waals surface area contributed by atoms with Gasteiger partial charge in [0.25, 0.3) is 0 Å². The van der Waals surface area contributed by atoms with Crippen LogP contribution in [0.5, 0.6) is 5.75 Å². The predicted molar refractivity (Wildman–Crippen MR) is 214 cm³/mol. The molecule has 4 aliphatic rings. The Labute approximate surface area is 337 Å². The maximum absolute atomic E-state index is 13.7. The molecule has 8 rings (SSSR count). The molecule has 306 valence electrons. The molecule has 3 aliphatic heterocycles. The first-order valence-corrected chi connectivity index (χ1v) is 20.3. The molecule has 0 spiro atoms. The van der Waals surface area contributed by atoms with Crippen LogP contribution < -0.4 is 15.4 Å². The Balaban J connectivity index is 1.01. The summed E-state index contributed by atoms with van der Waals surface area (Å²) in [5.41, 5.74) is 9.69. The van der Waals surface area contributed by atoms with Crippen molar-refractivity contribution in [2.75, 3.05) is 27.3 Å². The van der Waals surface area contributed by atoms with Gasteiger partial charge in [-0.25, -0.2) is 19.6 Å². The van der Waals surface area contributed by atoms with Gasteiger partial charge in [0.2, 0.25) is 11.8 Å². The molecule has 58 heavy (non-hydrogen) atoms. The lowest BCUT2D eigenvalue weighted by Crippen LogP contribution is -2.51. The minimum Gasteiger partial charge on any atom is -0.488 e. The van der Waals surface area contributed by atoms with Crippen molar-refractivity contribution in [1.29, 1.82) is 0 Å². The van der Waals surface area contributed by atoms with Crippen LogP contribution in [0.15, 0.2) is 36.7 Å². The molecule has 4 aromatic rings. The third-order valence-corrected chi connectivity index (χ3v) is 12.1. The molecule has 5 heterocycles. The Kier molecular flexibility index (Phi) is 10.6. The van der Waals surface area contributed by atoms with E-state index in [9.17, 15) is 19.2 Å². The fourth-order valence-electron chi connectivity index (χ4n) is 9.09. The normalized spacial score (nSPS) is 19.1. The van der Waals surface area contributed by atoms with Crippen molar-refractivity contribution < 1.29 is 33.4 Å². The third-order valence-electron chi connectivity index (χ3n) is 12.1. The van der Waals surface area contributed by atoms with Crippen molar-refractivity contribution in [3.63, 3.8) is 0 Å². The van der Waals surface area contributed by atoms with E-state index in [1.54, 1.807) is 0 Å². The Morgan fingerprint density at radius 1 is 0.707 bits per heavy atom. The van der Waals surface area contributed by atoms with Crippen LogP contribution in [-0.2, 0) is 38.5 Å². The zero-order valence-corrected chi connectivity index (χ0v) is 33.9. The maximum Gasteiger partial charge on any atom is 0.407 e. The number of carbonyl (C=O) groups is 4. The fourth-order valence-corrected chi connectivity index (χ4v) is 9.09. The summed E-state index contributed by atoms with van der Waals surface area (Å²) >= 11 is 0. The highest BCUT2D eigenvalue weighted by Gasteiger charge is 2.39. The zero-order chi connectivity index (χ0) is 40.8. The molecule has 0 radical (unpaired) electrons. The largest absolute Gasteiger partial charge is 0.488 e. The van der Waals surface area contributed by atoms with Gasteiger partial charge in [0.1, 0.15) is 36.1 Å². The van der Waals surface area contributed by atoms with Crippen LogP contribution in [-0.4, -0.2) is 93.1 Å². The molecule has 0 unspecified atom stereocenters. The standard InChI is InChI=1S/C43H52N8O7/c1-22(2)36(48-42(54)56-5)40(52)50-13-7-9-31(50)38-44-19-29(46-38)26-15-24-11-12-25-16-27(18-33-35(25)34(24)28(17-26)21-58-33)30-20-45-39(47-30)32-10-8-14-51(32)41(53)37(23(3)4)49-43(55)57-6/h15-20,22-23,31-32,36-37H,7-14,21H2,1-6H3,(H,44,46)(H,45,47)(H,48,54)(H,49,55)/t31-,32-,36-,37-/m0/s1. The summed E-state index contributed by atoms with van der Waals surface area (Å²) < 4.78 is 16.1. The molecule has 0 saturated carbocycles. The number of aromatic amines is 2. The number of aryl methyl sites for hydroxylation is 2. The number of ether oxygens (including phenoxy) is 3. The van der Waals surface area contributed by atoms with Gasteiger partial charge < -0.3 is 44.6 Å². The molecular formula is C43H52N8O7. The number of imidazole rings is 2. The average Bonchev–Trinajstić information content (AvgIpc) is 4.06. The van der Waals surface area contributed by atoms with Crippen molar-refractivity contribution in [2.24, 2.45) is 11.8 Å². The van der Waals surface area contributed by atoms with E-state index >= 15 is 0 Å². The first-order valence-electron chi connectivity index (χ1n) is 20.3. The van der Waals surface area contributed by atoms with E-state index in [4.69, 9.17) is 24.2 Å². The second kappa shape index (κ2) is 15.8. The van der Waals surface area contributed by atoms with Gasteiger partial charge in [0, 0.05) is 29.8 Å². The number of benzene rings is 2. The first kappa shape index (κ1) is 39.0. The van der Waals surface area contributed by atoms with Crippen molar-refractivity contribution in [3.05, 3.63) is 65.0 Å². The summed E-state index contributed by atoms with van der Waals surface area (Å²) in [6.45, 7) is 9.23. The van der Waals surface area contributed by atoms with Crippen LogP contribution in [0.3, 0.4) is 0 Å². The monoisotopic (exact) mass is 792 g/mol. The number of nitrogens with one attached hydrogen (secondary N) is 4. The Morgan fingerprint density at radius 3 is 1.66 bits per heavy atom. The number of H-pyrrole nitrogens is 2. The van der Waals surface area contributed by atoms with Gasteiger partial charge in [-0.1, -0.05) is 27.7 Å². The quantitative estimate of drug-likeness (QED) is 0.145. The molecule has 4 atom stereocenters. The van der Waals surface area contributed by atoms with Gasteiger partial charge in [-0.2, -0.15) is 0 Å². The number of nitrogens with zero attached hydrogens (tertiary/aromatic N) is 4. The SMILES string of the molecule is COC(=O)N[C@H](C(=O)N1CCC[C@H]1c1ncc(-c2cc3c4c(c2)COc2cc(-c5cnc([C@@H]6CCCN6C(=O)[C@@H](NC(=O)OC)C(C)C)[nH]5)cc(c2-4)CC3)[nH]1)C(C)C. The summed E-state index contributed by atoms with van der Waals surface area (Å²) in [6, 6.07) is 6.88. The number of hydrogen-bond acceptors (Lipinski definition) is 9. The molecule has 4 amide bonds. The Bertz CT molecular complexity index is 2040. The van der Waals surface area contributed by atoms with Crippen molar-refractivity contribution >= 4 is 24.0 Å². The Morgan fingerprint density at radius 2 is 1.17 bits per heavy atom. The van der Waals surface area contributed by atoms with E-state index in [0.29, 0.717) is 19.7 Å². The molecule has 2 saturated heterocycles. The molecule has 2 aromatic heterocycles. The number of amides is 4.